The molecule has 1 saturated heterocycles. The number of nitrogens with one attached hydrogen (secondary N) is 1. The van der Waals surface area contributed by atoms with Crippen molar-refractivity contribution in [1.82, 2.24) is 5.32 Å². The third kappa shape index (κ3) is 5.23. The van der Waals surface area contributed by atoms with Crippen LogP contribution in [0.5, 0.6) is 11.5 Å². The summed E-state index contributed by atoms with van der Waals surface area (Å²) in [6, 6.07) is 15.1. The van der Waals surface area contributed by atoms with E-state index < -0.39 is 0 Å². The predicted octanol–water partition coefficient (Wildman–Crippen LogP) is 3.36. The third-order valence-electron chi connectivity index (χ3n) is 4.23. The Morgan fingerprint density at radius 3 is 2.88 bits per heavy atom. The van der Waals surface area contributed by atoms with Gasteiger partial charge in [-0.2, -0.15) is 0 Å². The fourth-order valence-corrected chi connectivity index (χ4v) is 2.87. The number of carbonyl (C=O) groups excluding carboxylic acids is 1. The van der Waals surface area contributed by atoms with E-state index in [9.17, 15) is 4.79 Å². The minimum atomic E-state index is -0.166. The predicted molar refractivity (Wildman–Crippen MR) is 99.9 cm³/mol. The summed E-state index contributed by atoms with van der Waals surface area (Å²) in [5, 5.41) is 2.88. The van der Waals surface area contributed by atoms with Crippen molar-refractivity contribution >= 4 is 5.91 Å². The Kier molecular flexibility index (Phi) is 6.50. The summed E-state index contributed by atoms with van der Waals surface area (Å²) < 4.78 is 17.0. The Balaban J connectivity index is 1.47. The van der Waals surface area contributed by atoms with Crippen LogP contribution in [0.3, 0.4) is 0 Å². The lowest BCUT2D eigenvalue weighted by Gasteiger charge is -2.14. The fourth-order valence-electron chi connectivity index (χ4n) is 2.87. The number of para-hydroxylation sites is 1. The average molecular weight is 355 g/mol. The molecule has 1 aliphatic heterocycles. The molecule has 1 unspecified atom stereocenters. The molecule has 1 fully saturated rings. The molecule has 1 amide bonds. The first-order chi connectivity index (χ1) is 12.7. The second-order valence-electron chi connectivity index (χ2n) is 6.36. The Morgan fingerprint density at radius 1 is 1.19 bits per heavy atom. The zero-order valence-corrected chi connectivity index (χ0v) is 15.1. The van der Waals surface area contributed by atoms with Crippen LogP contribution in [0.2, 0.25) is 0 Å². The topological polar surface area (TPSA) is 56.8 Å². The van der Waals surface area contributed by atoms with Gasteiger partial charge in [0.05, 0.1) is 18.2 Å². The number of benzene rings is 2. The van der Waals surface area contributed by atoms with E-state index in [1.54, 1.807) is 6.07 Å². The highest BCUT2D eigenvalue weighted by Gasteiger charge is 2.18. The second kappa shape index (κ2) is 9.25. The van der Waals surface area contributed by atoms with E-state index in [-0.39, 0.29) is 12.0 Å². The number of ether oxygens (including phenoxy) is 3. The molecule has 0 aliphatic carbocycles. The summed E-state index contributed by atoms with van der Waals surface area (Å²) in [5.74, 6) is 1.22. The van der Waals surface area contributed by atoms with Crippen LogP contribution >= 0.6 is 0 Å². The minimum absolute atomic E-state index is 0.119. The molecule has 5 nitrogen and oxygen atoms in total. The van der Waals surface area contributed by atoms with Crippen molar-refractivity contribution < 1.29 is 19.0 Å². The summed E-state index contributed by atoms with van der Waals surface area (Å²) in [5.41, 5.74) is 1.67. The van der Waals surface area contributed by atoms with Gasteiger partial charge in [-0.1, -0.05) is 24.3 Å². The standard InChI is InChI=1S/C21H25NO4/c1-16-6-4-7-17(14-16)25-13-11-22-21(23)19-9-2-3-10-20(19)26-15-18-8-5-12-24-18/h2-4,6-7,9-10,14,18H,5,8,11-13,15H2,1H3,(H,22,23). The maximum absolute atomic E-state index is 12.4. The maximum Gasteiger partial charge on any atom is 0.255 e. The molecule has 3 rings (SSSR count). The molecule has 0 saturated carbocycles. The Hall–Kier alpha value is -2.53. The van der Waals surface area contributed by atoms with Gasteiger partial charge < -0.3 is 19.5 Å². The van der Waals surface area contributed by atoms with Crippen LogP contribution in [-0.2, 0) is 4.74 Å². The van der Waals surface area contributed by atoms with Gasteiger partial charge in [-0.05, 0) is 49.6 Å². The minimum Gasteiger partial charge on any atom is -0.492 e. The number of amides is 1. The largest absolute Gasteiger partial charge is 0.492 e. The van der Waals surface area contributed by atoms with Crippen LogP contribution in [0.4, 0.5) is 0 Å². The van der Waals surface area contributed by atoms with Crippen LogP contribution < -0.4 is 14.8 Å². The molecule has 1 aliphatic rings. The SMILES string of the molecule is Cc1cccc(OCCNC(=O)c2ccccc2OCC2CCCO2)c1. The van der Waals surface area contributed by atoms with Gasteiger partial charge in [-0.15, -0.1) is 0 Å². The normalized spacial score (nSPS) is 16.3. The molecule has 1 N–H and O–H groups in total. The van der Waals surface area contributed by atoms with Gasteiger partial charge in [0.2, 0.25) is 0 Å². The van der Waals surface area contributed by atoms with Gasteiger partial charge in [-0.3, -0.25) is 4.79 Å². The molecule has 0 spiro atoms. The Bertz CT molecular complexity index is 725. The van der Waals surface area contributed by atoms with Crippen LogP contribution in [0.1, 0.15) is 28.8 Å². The first-order valence-corrected chi connectivity index (χ1v) is 9.03. The fraction of sp³-hybridized carbons (Fsp3) is 0.381. The molecule has 138 valence electrons. The number of hydrogen-bond acceptors (Lipinski definition) is 4. The second-order valence-corrected chi connectivity index (χ2v) is 6.36. The van der Waals surface area contributed by atoms with Crippen molar-refractivity contribution in [3.8, 4) is 11.5 Å². The maximum atomic E-state index is 12.4. The smallest absolute Gasteiger partial charge is 0.255 e. The number of hydrogen-bond donors (Lipinski definition) is 1. The first-order valence-electron chi connectivity index (χ1n) is 9.03. The molecule has 2 aromatic carbocycles. The van der Waals surface area contributed by atoms with Crippen LogP contribution in [0, 0.1) is 6.92 Å². The third-order valence-corrected chi connectivity index (χ3v) is 4.23. The van der Waals surface area contributed by atoms with Gasteiger partial charge >= 0.3 is 0 Å². The van der Waals surface area contributed by atoms with Gasteiger partial charge in [0, 0.05) is 6.61 Å². The highest BCUT2D eigenvalue weighted by molar-refractivity contribution is 5.96. The van der Waals surface area contributed by atoms with Crippen LogP contribution in [0.25, 0.3) is 0 Å². The van der Waals surface area contributed by atoms with Crippen LogP contribution in [0.15, 0.2) is 48.5 Å². The highest BCUT2D eigenvalue weighted by atomic mass is 16.5. The van der Waals surface area contributed by atoms with Gasteiger partial charge in [-0.25, -0.2) is 0 Å². The molecular formula is C21H25NO4. The Labute approximate surface area is 154 Å². The number of aryl methyl sites for hydroxylation is 1. The van der Waals surface area contributed by atoms with E-state index in [2.05, 4.69) is 5.32 Å². The first kappa shape index (κ1) is 18.3. The van der Waals surface area contributed by atoms with Crippen LogP contribution in [-0.4, -0.2) is 38.4 Å². The summed E-state index contributed by atoms with van der Waals surface area (Å²) >= 11 is 0. The summed E-state index contributed by atoms with van der Waals surface area (Å²) in [7, 11) is 0. The summed E-state index contributed by atoms with van der Waals surface area (Å²) in [6.07, 6.45) is 2.19. The molecule has 2 aromatic rings. The van der Waals surface area contributed by atoms with Crippen molar-refractivity contribution in [2.75, 3.05) is 26.4 Å². The number of carbonyl (C=O) groups is 1. The Morgan fingerprint density at radius 2 is 2.08 bits per heavy atom. The molecular weight excluding hydrogens is 330 g/mol. The summed E-state index contributed by atoms with van der Waals surface area (Å²) in [6.45, 7) is 4.11. The van der Waals surface area contributed by atoms with Crippen molar-refractivity contribution in [1.29, 1.82) is 0 Å². The molecule has 5 heteroatoms. The average Bonchev–Trinajstić information content (AvgIpc) is 3.17. The quantitative estimate of drug-likeness (QED) is 0.738. The molecule has 26 heavy (non-hydrogen) atoms. The molecule has 0 radical (unpaired) electrons. The zero-order chi connectivity index (χ0) is 18.2. The molecule has 1 heterocycles. The molecule has 0 aromatic heterocycles. The monoisotopic (exact) mass is 355 g/mol. The van der Waals surface area contributed by atoms with E-state index in [0.717, 1.165) is 30.8 Å². The van der Waals surface area contributed by atoms with Crippen molar-refractivity contribution in [3.05, 3.63) is 59.7 Å². The highest BCUT2D eigenvalue weighted by Crippen LogP contribution is 2.20. The van der Waals surface area contributed by atoms with Crippen molar-refractivity contribution in [3.63, 3.8) is 0 Å². The van der Waals surface area contributed by atoms with E-state index in [1.807, 2.05) is 49.4 Å². The zero-order valence-electron chi connectivity index (χ0n) is 15.1. The van der Waals surface area contributed by atoms with Gasteiger partial charge in [0.15, 0.2) is 0 Å². The number of rotatable bonds is 8. The van der Waals surface area contributed by atoms with E-state index in [0.29, 0.717) is 31.1 Å². The van der Waals surface area contributed by atoms with Crippen molar-refractivity contribution in [2.45, 2.75) is 25.9 Å². The summed E-state index contributed by atoms with van der Waals surface area (Å²) in [4.78, 5) is 12.4. The van der Waals surface area contributed by atoms with Gasteiger partial charge in [0.25, 0.3) is 5.91 Å². The van der Waals surface area contributed by atoms with E-state index in [4.69, 9.17) is 14.2 Å². The lowest BCUT2D eigenvalue weighted by molar-refractivity contribution is 0.0670. The van der Waals surface area contributed by atoms with E-state index in [1.165, 1.54) is 0 Å². The van der Waals surface area contributed by atoms with Crippen molar-refractivity contribution in [2.24, 2.45) is 0 Å². The van der Waals surface area contributed by atoms with E-state index >= 15 is 0 Å². The molecule has 0 bridgehead atoms. The lowest BCUT2D eigenvalue weighted by Crippen LogP contribution is -2.28. The molecule has 1 atom stereocenters. The van der Waals surface area contributed by atoms with Gasteiger partial charge in [0.1, 0.15) is 24.7 Å². The lowest BCUT2D eigenvalue weighted by atomic mass is 10.2.